The molecule has 1 atom stereocenters. The van der Waals surface area contributed by atoms with Crippen molar-refractivity contribution in [2.45, 2.75) is 26.8 Å². The number of nitrogens with zero attached hydrogens (tertiary/aromatic N) is 1. The van der Waals surface area contributed by atoms with Crippen molar-refractivity contribution in [3.8, 4) is 0 Å². The highest BCUT2D eigenvalue weighted by molar-refractivity contribution is 5.55. The van der Waals surface area contributed by atoms with Gasteiger partial charge < -0.3 is 10.2 Å². The van der Waals surface area contributed by atoms with Gasteiger partial charge in [-0.2, -0.15) is 0 Å². The van der Waals surface area contributed by atoms with Gasteiger partial charge in [0.1, 0.15) is 5.82 Å². The second kappa shape index (κ2) is 6.01. The molecule has 96 valence electrons. The normalized spacial score (nSPS) is 12.9. The second-order valence-corrected chi connectivity index (χ2v) is 4.96. The SMILES string of the molecule is CNC(C)c1cccc(F)c1N(C)CC(C)C. The first-order chi connectivity index (χ1) is 7.97. The van der Waals surface area contributed by atoms with Crippen LogP contribution in [0.2, 0.25) is 0 Å². The minimum Gasteiger partial charge on any atom is -0.372 e. The van der Waals surface area contributed by atoms with Crippen LogP contribution in [0.5, 0.6) is 0 Å². The molecule has 0 saturated carbocycles. The molecule has 3 heteroatoms. The summed E-state index contributed by atoms with van der Waals surface area (Å²) >= 11 is 0. The van der Waals surface area contributed by atoms with Gasteiger partial charge in [-0.3, -0.25) is 0 Å². The summed E-state index contributed by atoms with van der Waals surface area (Å²) in [4.78, 5) is 2.00. The van der Waals surface area contributed by atoms with Gasteiger partial charge in [-0.1, -0.05) is 26.0 Å². The summed E-state index contributed by atoms with van der Waals surface area (Å²) < 4.78 is 14.0. The predicted molar refractivity (Wildman–Crippen MR) is 72.0 cm³/mol. The van der Waals surface area contributed by atoms with E-state index in [1.165, 1.54) is 6.07 Å². The quantitative estimate of drug-likeness (QED) is 0.847. The largest absolute Gasteiger partial charge is 0.372 e. The first kappa shape index (κ1) is 14.0. The van der Waals surface area contributed by atoms with Crippen LogP contribution in [0.15, 0.2) is 18.2 Å². The molecule has 1 aromatic rings. The summed E-state index contributed by atoms with van der Waals surface area (Å²) in [6, 6.07) is 5.43. The summed E-state index contributed by atoms with van der Waals surface area (Å²) in [5, 5.41) is 3.16. The Labute approximate surface area is 104 Å². The molecule has 0 bridgehead atoms. The number of hydrogen-bond acceptors (Lipinski definition) is 2. The molecule has 0 radical (unpaired) electrons. The van der Waals surface area contributed by atoms with E-state index >= 15 is 0 Å². The summed E-state index contributed by atoms with van der Waals surface area (Å²) in [6.45, 7) is 7.17. The van der Waals surface area contributed by atoms with Crippen LogP contribution in [0.3, 0.4) is 0 Å². The fourth-order valence-corrected chi connectivity index (χ4v) is 2.08. The van der Waals surface area contributed by atoms with E-state index in [0.717, 1.165) is 12.1 Å². The van der Waals surface area contributed by atoms with E-state index in [2.05, 4.69) is 19.2 Å². The van der Waals surface area contributed by atoms with E-state index in [0.29, 0.717) is 11.6 Å². The number of anilines is 1. The summed E-state index contributed by atoms with van der Waals surface area (Å²) in [7, 11) is 3.84. The van der Waals surface area contributed by atoms with Crippen molar-refractivity contribution in [3.63, 3.8) is 0 Å². The molecule has 0 aliphatic carbocycles. The van der Waals surface area contributed by atoms with E-state index in [-0.39, 0.29) is 11.9 Å². The fraction of sp³-hybridized carbons (Fsp3) is 0.571. The van der Waals surface area contributed by atoms with E-state index in [9.17, 15) is 4.39 Å². The van der Waals surface area contributed by atoms with Crippen molar-refractivity contribution in [3.05, 3.63) is 29.6 Å². The van der Waals surface area contributed by atoms with Crippen LogP contribution in [-0.4, -0.2) is 20.6 Å². The van der Waals surface area contributed by atoms with Gasteiger partial charge in [-0.25, -0.2) is 4.39 Å². The van der Waals surface area contributed by atoms with Crippen molar-refractivity contribution >= 4 is 5.69 Å². The van der Waals surface area contributed by atoms with Crippen LogP contribution in [0.25, 0.3) is 0 Å². The smallest absolute Gasteiger partial charge is 0.146 e. The Morgan fingerprint density at radius 3 is 2.47 bits per heavy atom. The number of halogens is 1. The third-order valence-corrected chi connectivity index (χ3v) is 2.94. The molecule has 2 nitrogen and oxygen atoms in total. The van der Waals surface area contributed by atoms with Crippen LogP contribution in [0.1, 0.15) is 32.4 Å². The number of hydrogen-bond donors (Lipinski definition) is 1. The predicted octanol–water partition coefficient (Wildman–Crippen LogP) is 3.20. The van der Waals surface area contributed by atoms with Crippen molar-refractivity contribution in [2.75, 3.05) is 25.5 Å². The van der Waals surface area contributed by atoms with Crippen LogP contribution in [0, 0.1) is 11.7 Å². The number of nitrogens with one attached hydrogen (secondary N) is 1. The lowest BCUT2D eigenvalue weighted by Crippen LogP contribution is -2.26. The number of para-hydroxylation sites is 1. The van der Waals surface area contributed by atoms with Crippen LogP contribution < -0.4 is 10.2 Å². The second-order valence-electron chi connectivity index (χ2n) is 4.96. The first-order valence-corrected chi connectivity index (χ1v) is 6.14. The highest BCUT2D eigenvalue weighted by Gasteiger charge is 2.16. The van der Waals surface area contributed by atoms with Gasteiger partial charge in [0.05, 0.1) is 5.69 Å². The van der Waals surface area contributed by atoms with Crippen molar-refractivity contribution < 1.29 is 4.39 Å². The Bertz CT molecular complexity index is 363. The average Bonchev–Trinajstić information content (AvgIpc) is 2.26. The van der Waals surface area contributed by atoms with Gasteiger partial charge >= 0.3 is 0 Å². The van der Waals surface area contributed by atoms with Gasteiger partial charge in [0, 0.05) is 19.6 Å². The molecular weight excluding hydrogens is 215 g/mol. The molecular formula is C14H23FN2. The lowest BCUT2D eigenvalue weighted by atomic mass is 10.0. The van der Waals surface area contributed by atoms with E-state index in [1.54, 1.807) is 6.07 Å². The van der Waals surface area contributed by atoms with Gasteiger partial charge in [0.15, 0.2) is 0 Å². The fourth-order valence-electron chi connectivity index (χ4n) is 2.08. The maximum atomic E-state index is 14.0. The maximum Gasteiger partial charge on any atom is 0.146 e. The molecule has 0 aliphatic rings. The monoisotopic (exact) mass is 238 g/mol. The molecule has 0 heterocycles. The minimum absolute atomic E-state index is 0.146. The zero-order valence-electron chi connectivity index (χ0n) is 11.4. The van der Waals surface area contributed by atoms with E-state index in [1.807, 2.05) is 32.0 Å². The third-order valence-electron chi connectivity index (χ3n) is 2.94. The van der Waals surface area contributed by atoms with Crippen LogP contribution in [-0.2, 0) is 0 Å². The molecule has 0 amide bonds. The van der Waals surface area contributed by atoms with Crippen molar-refractivity contribution in [1.82, 2.24) is 5.32 Å². The standard InChI is InChI=1S/C14H23FN2/c1-10(2)9-17(5)14-12(11(3)16-4)7-6-8-13(14)15/h6-8,10-11,16H,9H2,1-5H3. The molecule has 1 rings (SSSR count). The number of rotatable bonds is 5. The summed E-state index contributed by atoms with van der Waals surface area (Å²) in [5.41, 5.74) is 1.72. The lowest BCUT2D eigenvalue weighted by molar-refractivity contribution is 0.583. The maximum absolute atomic E-state index is 14.0. The van der Waals surface area contributed by atoms with E-state index in [4.69, 9.17) is 0 Å². The Morgan fingerprint density at radius 2 is 1.94 bits per heavy atom. The Balaban J connectivity index is 3.11. The third kappa shape index (κ3) is 3.43. The average molecular weight is 238 g/mol. The molecule has 0 fully saturated rings. The van der Waals surface area contributed by atoms with Crippen molar-refractivity contribution in [2.24, 2.45) is 5.92 Å². The van der Waals surface area contributed by atoms with Gasteiger partial charge in [0.25, 0.3) is 0 Å². The molecule has 0 spiro atoms. The first-order valence-electron chi connectivity index (χ1n) is 6.14. The van der Waals surface area contributed by atoms with E-state index < -0.39 is 0 Å². The molecule has 0 aromatic heterocycles. The molecule has 17 heavy (non-hydrogen) atoms. The highest BCUT2D eigenvalue weighted by Crippen LogP contribution is 2.28. The van der Waals surface area contributed by atoms with Crippen molar-refractivity contribution in [1.29, 1.82) is 0 Å². The van der Waals surface area contributed by atoms with Gasteiger partial charge in [-0.15, -0.1) is 0 Å². The Morgan fingerprint density at radius 1 is 1.29 bits per heavy atom. The molecule has 0 saturated heterocycles. The zero-order chi connectivity index (χ0) is 13.0. The molecule has 1 unspecified atom stereocenters. The van der Waals surface area contributed by atoms with Gasteiger partial charge in [-0.05, 0) is 31.5 Å². The molecule has 1 aromatic carbocycles. The molecule has 0 aliphatic heterocycles. The Hall–Kier alpha value is -1.09. The topological polar surface area (TPSA) is 15.3 Å². The Kier molecular flexibility index (Phi) is 4.94. The number of benzene rings is 1. The van der Waals surface area contributed by atoms with Gasteiger partial charge in [0.2, 0.25) is 0 Å². The lowest BCUT2D eigenvalue weighted by Gasteiger charge is -2.27. The molecule has 1 N–H and O–H groups in total. The summed E-state index contributed by atoms with van der Waals surface area (Å²) in [5.74, 6) is 0.366. The zero-order valence-corrected chi connectivity index (χ0v) is 11.4. The highest BCUT2D eigenvalue weighted by atomic mass is 19.1. The van der Waals surface area contributed by atoms with Crippen LogP contribution >= 0.6 is 0 Å². The minimum atomic E-state index is -0.146. The summed E-state index contributed by atoms with van der Waals surface area (Å²) in [6.07, 6.45) is 0. The van der Waals surface area contributed by atoms with Crippen LogP contribution in [0.4, 0.5) is 10.1 Å².